The standard InChI is InChI=1S/C22H20O3/c1-11-10-22(2,3)15-9-14(15)12-7-8-13-19-16(23)5-4-6-17(19)25-21(24)20(13)18(11)12/h4-8,10,14-15,23H,9H2,1-3H3. The Labute approximate surface area is 145 Å². The topological polar surface area (TPSA) is 50.4 Å². The van der Waals surface area contributed by atoms with Crippen LogP contribution in [0.2, 0.25) is 0 Å². The minimum absolute atomic E-state index is 0.124. The molecule has 1 fully saturated rings. The van der Waals surface area contributed by atoms with E-state index in [9.17, 15) is 9.90 Å². The Kier molecular flexibility index (Phi) is 2.68. The predicted octanol–water partition coefficient (Wildman–Crippen LogP) is 5.20. The van der Waals surface area contributed by atoms with Crippen LogP contribution < -0.4 is 5.63 Å². The smallest absolute Gasteiger partial charge is 0.344 e. The summed E-state index contributed by atoms with van der Waals surface area (Å²) in [5, 5.41) is 12.3. The zero-order valence-electron chi connectivity index (χ0n) is 14.6. The van der Waals surface area contributed by atoms with Gasteiger partial charge in [-0.2, -0.15) is 0 Å². The van der Waals surface area contributed by atoms with Crippen molar-refractivity contribution in [1.82, 2.24) is 0 Å². The molecule has 1 heterocycles. The number of allylic oxidation sites excluding steroid dienone is 2. The number of fused-ring (bicyclic) bond motifs is 7. The third kappa shape index (κ3) is 1.89. The number of phenolic OH excluding ortho intramolecular Hbond substituents is 1. The van der Waals surface area contributed by atoms with Crippen LogP contribution in [0.3, 0.4) is 0 Å². The number of aromatic hydroxyl groups is 1. The van der Waals surface area contributed by atoms with Crippen molar-refractivity contribution in [1.29, 1.82) is 0 Å². The fourth-order valence-electron chi connectivity index (χ4n) is 4.90. The highest BCUT2D eigenvalue weighted by Gasteiger charge is 2.50. The average molecular weight is 332 g/mol. The van der Waals surface area contributed by atoms with Gasteiger partial charge >= 0.3 is 5.63 Å². The molecule has 3 heteroatoms. The molecule has 1 aromatic heterocycles. The molecule has 3 nitrogen and oxygen atoms in total. The van der Waals surface area contributed by atoms with Crippen molar-refractivity contribution in [2.45, 2.75) is 33.1 Å². The van der Waals surface area contributed by atoms with Gasteiger partial charge in [0.25, 0.3) is 0 Å². The fourth-order valence-corrected chi connectivity index (χ4v) is 4.90. The second-order valence-electron chi connectivity index (χ2n) is 8.09. The lowest BCUT2D eigenvalue weighted by Crippen LogP contribution is -2.10. The lowest BCUT2D eigenvalue weighted by Gasteiger charge is -2.20. The minimum atomic E-state index is -0.324. The van der Waals surface area contributed by atoms with E-state index in [-0.39, 0.29) is 16.8 Å². The summed E-state index contributed by atoms with van der Waals surface area (Å²) in [6.45, 7) is 6.64. The van der Waals surface area contributed by atoms with Crippen LogP contribution >= 0.6 is 0 Å². The quantitative estimate of drug-likeness (QED) is 0.455. The first-order valence-electron chi connectivity index (χ1n) is 8.80. The third-order valence-electron chi connectivity index (χ3n) is 6.05. The summed E-state index contributed by atoms with van der Waals surface area (Å²) in [6, 6.07) is 9.18. The molecular formula is C22H20O3. The molecular weight excluding hydrogens is 312 g/mol. The molecule has 126 valence electrons. The molecule has 3 aromatic rings. The van der Waals surface area contributed by atoms with Gasteiger partial charge in [0.15, 0.2) is 0 Å². The van der Waals surface area contributed by atoms with Crippen LogP contribution in [0.15, 0.2) is 45.6 Å². The minimum Gasteiger partial charge on any atom is -0.507 e. The molecule has 0 bridgehead atoms. The summed E-state index contributed by atoms with van der Waals surface area (Å²) in [5.74, 6) is 1.27. The van der Waals surface area contributed by atoms with E-state index in [4.69, 9.17) is 4.42 Å². The molecule has 0 spiro atoms. The second-order valence-corrected chi connectivity index (χ2v) is 8.09. The first kappa shape index (κ1) is 14.8. The zero-order chi connectivity index (χ0) is 17.5. The molecule has 1 saturated carbocycles. The van der Waals surface area contributed by atoms with Crippen LogP contribution in [-0.4, -0.2) is 5.11 Å². The highest BCUT2D eigenvalue weighted by atomic mass is 16.4. The molecule has 25 heavy (non-hydrogen) atoms. The Hall–Kier alpha value is -2.55. The van der Waals surface area contributed by atoms with E-state index < -0.39 is 0 Å². The molecule has 0 aliphatic heterocycles. The van der Waals surface area contributed by atoms with E-state index in [2.05, 4.69) is 32.9 Å². The van der Waals surface area contributed by atoms with Gasteiger partial charge in [-0.15, -0.1) is 0 Å². The summed E-state index contributed by atoms with van der Waals surface area (Å²) < 4.78 is 5.57. The molecule has 2 unspecified atom stereocenters. The van der Waals surface area contributed by atoms with Crippen molar-refractivity contribution in [2.24, 2.45) is 11.3 Å². The van der Waals surface area contributed by atoms with Crippen LogP contribution in [0.5, 0.6) is 5.75 Å². The third-order valence-corrected chi connectivity index (χ3v) is 6.05. The summed E-state index contributed by atoms with van der Waals surface area (Å²) in [5.41, 5.74) is 3.61. The van der Waals surface area contributed by atoms with Gasteiger partial charge in [0.05, 0.1) is 10.8 Å². The largest absolute Gasteiger partial charge is 0.507 e. The number of hydrogen-bond acceptors (Lipinski definition) is 3. The SMILES string of the molecule is CC1=CC(C)(C)C2CC2c2ccc3c(c21)c(=O)oc1cccc(O)c13. The van der Waals surface area contributed by atoms with Gasteiger partial charge in [-0.05, 0) is 59.4 Å². The van der Waals surface area contributed by atoms with Crippen molar-refractivity contribution in [3.63, 3.8) is 0 Å². The van der Waals surface area contributed by atoms with Crippen molar-refractivity contribution >= 4 is 27.3 Å². The summed E-state index contributed by atoms with van der Waals surface area (Å²) >= 11 is 0. The van der Waals surface area contributed by atoms with E-state index >= 15 is 0 Å². The molecule has 1 N–H and O–H groups in total. The Morgan fingerprint density at radius 1 is 1.16 bits per heavy atom. The predicted molar refractivity (Wildman–Crippen MR) is 99.9 cm³/mol. The van der Waals surface area contributed by atoms with Crippen molar-refractivity contribution in [3.05, 3.63) is 58.0 Å². The maximum absolute atomic E-state index is 12.8. The maximum Gasteiger partial charge on any atom is 0.344 e. The monoisotopic (exact) mass is 332 g/mol. The van der Waals surface area contributed by atoms with Crippen LogP contribution in [0.1, 0.15) is 44.2 Å². The highest BCUT2D eigenvalue weighted by molar-refractivity contribution is 6.11. The molecule has 2 aliphatic carbocycles. The zero-order valence-corrected chi connectivity index (χ0v) is 14.6. The summed E-state index contributed by atoms with van der Waals surface area (Å²) in [4.78, 5) is 12.8. The van der Waals surface area contributed by atoms with Crippen molar-refractivity contribution in [3.8, 4) is 5.75 Å². The maximum atomic E-state index is 12.8. The first-order chi connectivity index (χ1) is 11.9. The Bertz CT molecular complexity index is 1150. The van der Waals surface area contributed by atoms with Crippen LogP contribution in [-0.2, 0) is 0 Å². The molecule has 2 atom stereocenters. The molecule has 2 aromatic carbocycles. The number of benzene rings is 2. The van der Waals surface area contributed by atoms with Crippen LogP contribution in [0, 0.1) is 11.3 Å². The van der Waals surface area contributed by atoms with Gasteiger partial charge in [0.2, 0.25) is 0 Å². The molecule has 5 rings (SSSR count). The lowest BCUT2D eigenvalue weighted by atomic mass is 9.85. The van der Waals surface area contributed by atoms with Gasteiger partial charge < -0.3 is 9.52 Å². The highest BCUT2D eigenvalue weighted by Crippen LogP contribution is 2.61. The summed E-state index contributed by atoms with van der Waals surface area (Å²) in [6.07, 6.45) is 3.47. The number of phenols is 1. The Balaban J connectivity index is 1.98. The molecule has 2 aliphatic rings. The van der Waals surface area contributed by atoms with E-state index in [1.54, 1.807) is 18.2 Å². The molecule has 0 amide bonds. The van der Waals surface area contributed by atoms with Gasteiger partial charge in [-0.25, -0.2) is 4.79 Å². The average Bonchev–Trinajstić information content (AvgIpc) is 3.34. The van der Waals surface area contributed by atoms with Crippen LogP contribution in [0.4, 0.5) is 0 Å². The normalized spacial score (nSPS) is 23.7. The number of hydrogen-bond donors (Lipinski definition) is 1. The number of rotatable bonds is 0. The van der Waals surface area contributed by atoms with E-state index in [0.29, 0.717) is 28.2 Å². The van der Waals surface area contributed by atoms with Crippen LogP contribution in [0.25, 0.3) is 27.3 Å². The van der Waals surface area contributed by atoms with Gasteiger partial charge in [-0.3, -0.25) is 0 Å². The summed E-state index contributed by atoms with van der Waals surface area (Å²) in [7, 11) is 0. The fraction of sp³-hybridized carbons (Fsp3) is 0.318. The van der Waals surface area contributed by atoms with E-state index in [1.807, 2.05) is 6.07 Å². The van der Waals surface area contributed by atoms with Gasteiger partial charge in [-0.1, -0.05) is 38.1 Å². The van der Waals surface area contributed by atoms with Gasteiger partial charge in [0.1, 0.15) is 11.3 Å². The lowest BCUT2D eigenvalue weighted by molar-refractivity contribution is 0.404. The van der Waals surface area contributed by atoms with Gasteiger partial charge in [0, 0.05) is 5.39 Å². The van der Waals surface area contributed by atoms with Crippen molar-refractivity contribution < 1.29 is 9.52 Å². The van der Waals surface area contributed by atoms with Crippen molar-refractivity contribution in [2.75, 3.05) is 0 Å². The molecule has 0 saturated heterocycles. The Morgan fingerprint density at radius 2 is 1.96 bits per heavy atom. The second kappa shape index (κ2) is 4.54. The first-order valence-corrected chi connectivity index (χ1v) is 8.80. The molecule has 0 radical (unpaired) electrons. The van der Waals surface area contributed by atoms with E-state index in [1.165, 1.54) is 12.0 Å². The van der Waals surface area contributed by atoms with E-state index in [0.717, 1.165) is 16.5 Å². The Morgan fingerprint density at radius 3 is 2.76 bits per heavy atom.